The number of allylic oxidation sites excluding steroid dienone is 1. The van der Waals surface area contributed by atoms with Crippen LogP contribution in [0, 0.1) is 17.8 Å². The second-order valence-electron chi connectivity index (χ2n) is 6.56. The molecule has 2 aliphatic carbocycles. The number of fused-ring (bicyclic) bond motifs is 3. The molecule has 21 heavy (non-hydrogen) atoms. The van der Waals surface area contributed by atoms with Gasteiger partial charge in [-0.15, -0.1) is 0 Å². The highest BCUT2D eigenvalue weighted by atomic mass is 16.6. The molecule has 4 nitrogen and oxygen atoms in total. The Kier molecular flexibility index (Phi) is 3.42. The molecule has 0 aromatic rings. The van der Waals surface area contributed by atoms with Crippen LogP contribution in [0.3, 0.4) is 0 Å². The number of carbonyl (C=O) groups is 2. The lowest BCUT2D eigenvalue weighted by Crippen LogP contribution is -2.37. The Morgan fingerprint density at radius 3 is 2.76 bits per heavy atom. The summed E-state index contributed by atoms with van der Waals surface area (Å²) in [7, 11) is 0. The molecule has 0 aromatic carbocycles. The van der Waals surface area contributed by atoms with E-state index in [9.17, 15) is 9.59 Å². The van der Waals surface area contributed by atoms with Crippen molar-refractivity contribution < 1.29 is 19.1 Å². The van der Waals surface area contributed by atoms with E-state index in [0.29, 0.717) is 6.42 Å². The SMILES string of the molecule is CC(=O)O[C@@H]1CC(C)=C2CC=C(C)[C@H]2[C@H]2OC(=O)[C@H](C)[C@H]21. The Labute approximate surface area is 125 Å². The van der Waals surface area contributed by atoms with E-state index in [1.165, 1.54) is 23.6 Å². The summed E-state index contributed by atoms with van der Waals surface area (Å²) in [5.74, 6) is -0.562. The third kappa shape index (κ3) is 2.21. The van der Waals surface area contributed by atoms with E-state index in [1.807, 2.05) is 6.92 Å². The van der Waals surface area contributed by atoms with Gasteiger partial charge in [0.15, 0.2) is 0 Å². The first-order valence-corrected chi connectivity index (χ1v) is 7.63. The maximum Gasteiger partial charge on any atom is 0.309 e. The average molecular weight is 290 g/mol. The van der Waals surface area contributed by atoms with Crippen LogP contribution in [0.25, 0.3) is 0 Å². The molecular weight excluding hydrogens is 268 g/mol. The van der Waals surface area contributed by atoms with Crippen LogP contribution in [0.4, 0.5) is 0 Å². The van der Waals surface area contributed by atoms with Gasteiger partial charge in [-0.05, 0) is 20.3 Å². The first kappa shape index (κ1) is 14.4. The molecule has 3 aliphatic rings. The van der Waals surface area contributed by atoms with Crippen molar-refractivity contribution >= 4 is 11.9 Å². The van der Waals surface area contributed by atoms with Gasteiger partial charge in [-0.3, -0.25) is 9.59 Å². The van der Waals surface area contributed by atoms with Gasteiger partial charge in [-0.1, -0.05) is 29.7 Å². The second kappa shape index (κ2) is 5.00. The molecule has 4 heteroatoms. The van der Waals surface area contributed by atoms with Crippen molar-refractivity contribution in [2.45, 2.75) is 52.7 Å². The highest BCUT2D eigenvalue weighted by molar-refractivity contribution is 5.75. The van der Waals surface area contributed by atoms with Crippen LogP contribution in [0.15, 0.2) is 22.8 Å². The number of hydrogen-bond donors (Lipinski definition) is 0. The molecule has 0 amide bonds. The molecule has 0 saturated carbocycles. The molecule has 0 unspecified atom stereocenters. The van der Waals surface area contributed by atoms with E-state index in [4.69, 9.17) is 9.47 Å². The molecular formula is C17H22O4. The highest BCUT2D eigenvalue weighted by Crippen LogP contribution is 2.49. The Morgan fingerprint density at radius 1 is 1.38 bits per heavy atom. The molecule has 5 atom stereocenters. The van der Waals surface area contributed by atoms with Crippen molar-refractivity contribution in [2.24, 2.45) is 17.8 Å². The number of carbonyl (C=O) groups excluding carboxylic acids is 2. The van der Waals surface area contributed by atoms with Crippen molar-refractivity contribution in [3.63, 3.8) is 0 Å². The summed E-state index contributed by atoms with van der Waals surface area (Å²) in [5.41, 5.74) is 3.89. The molecule has 3 rings (SSSR count). The molecule has 1 heterocycles. The van der Waals surface area contributed by atoms with Gasteiger partial charge < -0.3 is 9.47 Å². The minimum atomic E-state index is -0.289. The smallest absolute Gasteiger partial charge is 0.309 e. The maximum absolute atomic E-state index is 12.1. The van der Waals surface area contributed by atoms with E-state index in [0.717, 1.165) is 6.42 Å². The normalized spacial score (nSPS) is 38.4. The van der Waals surface area contributed by atoms with E-state index in [1.54, 1.807) is 0 Å². The highest BCUT2D eigenvalue weighted by Gasteiger charge is 2.53. The minimum absolute atomic E-state index is 0.0553. The van der Waals surface area contributed by atoms with Crippen molar-refractivity contribution in [3.8, 4) is 0 Å². The van der Waals surface area contributed by atoms with Crippen LogP contribution in [-0.4, -0.2) is 24.1 Å². The Hall–Kier alpha value is -1.58. The first-order chi connectivity index (χ1) is 9.90. The van der Waals surface area contributed by atoms with Crippen LogP contribution in [-0.2, 0) is 19.1 Å². The monoisotopic (exact) mass is 290 g/mol. The summed E-state index contributed by atoms with van der Waals surface area (Å²) in [6.45, 7) is 7.53. The Balaban J connectivity index is 2.03. The lowest BCUT2D eigenvalue weighted by molar-refractivity contribution is -0.150. The standard InChI is InChI=1S/C17H22O4/c1-8-5-6-12-9(2)7-13(20-11(4)18)15-10(3)17(19)21-16(15)14(8)12/h5,10,13-16H,6-7H2,1-4H3/t10-,13-,14-,15+,16-/m1/s1. The zero-order valence-electron chi connectivity index (χ0n) is 13.0. The summed E-state index contributed by atoms with van der Waals surface area (Å²) < 4.78 is 11.2. The lowest BCUT2D eigenvalue weighted by atomic mass is 9.80. The van der Waals surface area contributed by atoms with Crippen molar-refractivity contribution in [1.29, 1.82) is 0 Å². The summed E-state index contributed by atoms with van der Waals surface area (Å²) in [4.78, 5) is 23.5. The fraction of sp³-hybridized carbons (Fsp3) is 0.647. The lowest BCUT2D eigenvalue weighted by Gasteiger charge is -2.29. The van der Waals surface area contributed by atoms with Crippen LogP contribution in [0.5, 0.6) is 0 Å². The molecule has 0 bridgehead atoms. The zero-order valence-corrected chi connectivity index (χ0v) is 13.0. The number of rotatable bonds is 1. The largest absolute Gasteiger partial charge is 0.462 e. The van der Waals surface area contributed by atoms with Crippen molar-refractivity contribution in [1.82, 2.24) is 0 Å². The van der Waals surface area contributed by atoms with Crippen LogP contribution < -0.4 is 0 Å². The van der Waals surface area contributed by atoms with Crippen molar-refractivity contribution in [3.05, 3.63) is 22.8 Å². The molecule has 1 aliphatic heterocycles. The van der Waals surface area contributed by atoms with Gasteiger partial charge in [0.2, 0.25) is 0 Å². The van der Waals surface area contributed by atoms with E-state index < -0.39 is 0 Å². The predicted octanol–water partition coefficient (Wildman–Crippen LogP) is 2.78. The molecule has 1 saturated heterocycles. The van der Waals surface area contributed by atoms with Crippen LogP contribution in [0.1, 0.15) is 40.5 Å². The molecule has 1 fully saturated rings. The van der Waals surface area contributed by atoms with Gasteiger partial charge >= 0.3 is 11.9 Å². The Bertz CT molecular complexity index is 557. The number of esters is 2. The van der Waals surface area contributed by atoms with Crippen molar-refractivity contribution in [2.75, 3.05) is 0 Å². The molecule has 0 N–H and O–H groups in total. The topological polar surface area (TPSA) is 52.6 Å². The second-order valence-corrected chi connectivity index (χ2v) is 6.56. The van der Waals surface area contributed by atoms with Gasteiger partial charge in [0.25, 0.3) is 0 Å². The average Bonchev–Trinajstić information content (AvgIpc) is 2.86. The van der Waals surface area contributed by atoms with Gasteiger partial charge in [0.1, 0.15) is 12.2 Å². The first-order valence-electron chi connectivity index (χ1n) is 7.63. The fourth-order valence-corrected chi connectivity index (χ4v) is 4.18. The van der Waals surface area contributed by atoms with E-state index in [2.05, 4.69) is 19.9 Å². The fourth-order valence-electron chi connectivity index (χ4n) is 4.18. The van der Waals surface area contributed by atoms with Gasteiger partial charge in [0, 0.05) is 25.2 Å². The third-order valence-corrected chi connectivity index (χ3v) is 5.22. The third-order valence-electron chi connectivity index (χ3n) is 5.22. The zero-order chi connectivity index (χ0) is 15.3. The van der Waals surface area contributed by atoms with E-state index in [-0.39, 0.29) is 41.9 Å². The number of hydrogen-bond acceptors (Lipinski definition) is 4. The number of ether oxygens (including phenoxy) is 2. The van der Waals surface area contributed by atoms with Gasteiger partial charge in [-0.2, -0.15) is 0 Å². The van der Waals surface area contributed by atoms with Crippen LogP contribution >= 0.6 is 0 Å². The van der Waals surface area contributed by atoms with E-state index >= 15 is 0 Å². The molecule has 0 aromatic heterocycles. The summed E-state index contributed by atoms with van der Waals surface area (Å²) >= 11 is 0. The predicted molar refractivity (Wildman–Crippen MR) is 77.3 cm³/mol. The molecule has 114 valence electrons. The molecule has 0 spiro atoms. The quantitative estimate of drug-likeness (QED) is 0.550. The van der Waals surface area contributed by atoms with Gasteiger partial charge in [0.05, 0.1) is 5.92 Å². The maximum atomic E-state index is 12.1. The minimum Gasteiger partial charge on any atom is -0.462 e. The van der Waals surface area contributed by atoms with Crippen LogP contribution in [0.2, 0.25) is 0 Å². The summed E-state index contributed by atoms with van der Waals surface area (Å²) in [6.07, 6.45) is 3.39. The Morgan fingerprint density at radius 2 is 2.10 bits per heavy atom. The molecule has 0 radical (unpaired) electrons. The van der Waals surface area contributed by atoms with Gasteiger partial charge in [-0.25, -0.2) is 0 Å². The summed E-state index contributed by atoms with van der Waals surface area (Å²) in [5, 5.41) is 0. The summed E-state index contributed by atoms with van der Waals surface area (Å²) in [6, 6.07) is 0.